The fourth-order valence-corrected chi connectivity index (χ4v) is 2.15. The van der Waals surface area contributed by atoms with Crippen LogP contribution in [0.15, 0.2) is 0 Å². The molecule has 1 aliphatic rings. The van der Waals surface area contributed by atoms with Crippen LogP contribution in [0.3, 0.4) is 0 Å². The van der Waals surface area contributed by atoms with Crippen molar-refractivity contribution >= 4 is 17.5 Å². The largest absolute Gasteiger partial charge is 0.340 e. The van der Waals surface area contributed by atoms with E-state index in [9.17, 15) is 0 Å². The van der Waals surface area contributed by atoms with Crippen LogP contribution in [-0.2, 0) is 0 Å². The smallest absolute Gasteiger partial charge is 0.238 e. The fourth-order valence-electron chi connectivity index (χ4n) is 1.66. The van der Waals surface area contributed by atoms with Crippen LogP contribution in [0.2, 0.25) is 0 Å². The highest BCUT2D eigenvalue weighted by atomic mass is 32.1. The summed E-state index contributed by atoms with van der Waals surface area (Å²) >= 11 is 1.19. The average Bonchev–Trinajstić information content (AvgIpc) is 2.53. The quantitative estimate of drug-likeness (QED) is 0.706. The van der Waals surface area contributed by atoms with Gasteiger partial charge in [0.15, 0.2) is 0 Å². The summed E-state index contributed by atoms with van der Waals surface area (Å²) in [4.78, 5) is 6.35. The summed E-state index contributed by atoms with van der Waals surface area (Å²) in [7, 11) is 0. The molecule has 0 spiro atoms. The third-order valence-corrected chi connectivity index (χ3v) is 3.01. The Morgan fingerprint density at radius 1 is 1.21 bits per heavy atom. The van der Waals surface area contributed by atoms with Crippen LogP contribution in [0.25, 0.3) is 0 Å². The van der Waals surface area contributed by atoms with Crippen molar-refractivity contribution in [1.82, 2.24) is 9.36 Å². The first-order valence-corrected chi connectivity index (χ1v) is 5.66. The summed E-state index contributed by atoms with van der Waals surface area (Å²) < 4.78 is 4.19. The van der Waals surface area contributed by atoms with Crippen molar-refractivity contribution in [1.29, 1.82) is 5.26 Å². The van der Waals surface area contributed by atoms with E-state index in [0.29, 0.717) is 5.01 Å². The zero-order valence-corrected chi connectivity index (χ0v) is 8.76. The van der Waals surface area contributed by atoms with Gasteiger partial charge in [-0.2, -0.15) is 14.6 Å². The highest BCUT2D eigenvalue weighted by Crippen LogP contribution is 2.17. The van der Waals surface area contributed by atoms with Crippen molar-refractivity contribution in [3.63, 3.8) is 0 Å². The van der Waals surface area contributed by atoms with E-state index < -0.39 is 0 Å². The van der Waals surface area contributed by atoms with E-state index >= 15 is 0 Å². The third-order valence-electron chi connectivity index (χ3n) is 2.40. The zero-order valence-electron chi connectivity index (χ0n) is 7.94. The van der Waals surface area contributed by atoms with Gasteiger partial charge in [0, 0.05) is 13.1 Å². The molecule has 2 rings (SSSR count). The summed E-state index contributed by atoms with van der Waals surface area (Å²) in [6.07, 6.45) is 5.01. The van der Waals surface area contributed by atoms with Gasteiger partial charge in [-0.1, -0.05) is 12.8 Å². The Hall–Kier alpha value is -1.15. The van der Waals surface area contributed by atoms with Crippen LogP contribution >= 0.6 is 11.5 Å². The van der Waals surface area contributed by atoms with E-state index in [1.165, 1.54) is 37.2 Å². The molecule has 5 heteroatoms. The summed E-state index contributed by atoms with van der Waals surface area (Å²) in [5, 5.41) is 9.11. The molecular formula is C9H12N4S. The molecule has 0 bridgehead atoms. The summed E-state index contributed by atoms with van der Waals surface area (Å²) in [5.74, 6) is 0.744. The van der Waals surface area contributed by atoms with Crippen molar-refractivity contribution < 1.29 is 0 Å². The van der Waals surface area contributed by atoms with Gasteiger partial charge < -0.3 is 4.90 Å². The molecular weight excluding hydrogens is 196 g/mol. The van der Waals surface area contributed by atoms with Crippen molar-refractivity contribution in [2.24, 2.45) is 0 Å². The van der Waals surface area contributed by atoms with Gasteiger partial charge in [0.2, 0.25) is 11.0 Å². The molecule has 0 N–H and O–H groups in total. The number of nitriles is 1. The molecule has 1 saturated heterocycles. The third kappa shape index (κ3) is 2.02. The molecule has 0 aliphatic carbocycles. The standard InChI is InChI=1S/C9H12N4S/c10-7-8-11-9(12-14-8)13-5-3-1-2-4-6-13/h1-6H2. The predicted molar refractivity (Wildman–Crippen MR) is 55.3 cm³/mol. The molecule has 0 aromatic carbocycles. The maximum absolute atomic E-state index is 8.64. The van der Waals surface area contributed by atoms with Gasteiger partial charge in [-0.15, -0.1) is 0 Å². The number of hydrogen-bond acceptors (Lipinski definition) is 5. The lowest BCUT2D eigenvalue weighted by Crippen LogP contribution is -2.24. The minimum Gasteiger partial charge on any atom is -0.340 e. The Bertz CT molecular complexity index is 333. The van der Waals surface area contributed by atoms with Gasteiger partial charge in [0.1, 0.15) is 6.07 Å². The molecule has 4 nitrogen and oxygen atoms in total. The van der Waals surface area contributed by atoms with Crippen LogP contribution in [-0.4, -0.2) is 22.4 Å². The first-order chi connectivity index (χ1) is 6.90. The molecule has 0 amide bonds. The summed E-state index contributed by atoms with van der Waals surface area (Å²) in [6, 6.07) is 2.02. The Morgan fingerprint density at radius 2 is 1.93 bits per heavy atom. The van der Waals surface area contributed by atoms with Crippen LogP contribution in [0.4, 0.5) is 5.95 Å². The number of hydrogen-bond donors (Lipinski definition) is 0. The molecule has 0 radical (unpaired) electrons. The van der Waals surface area contributed by atoms with E-state index in [2.05, 4.69) is 14.3 Å². The topological polar surface area (TPSA) is 52.8 Å². The van der Waals surface area contributed by atoms with Crippen LogP contribution in [0.5, 0.6) is 0 Å². The van der Waals surface area contributed by atoms with E-state index in [0.717, 1.165) is 19.0 Å². The maximum atomic E-state index is 8.64. The first-order valence-electron chi connectivity index (χ1n) is 4.89. The Labute approximate surface area is 87.4 Å². The lowest BCUT2D eigenvalue weighted by molar-refractivity contribution is 0.726. The maximum Gasteiger partial charge on any atom is 0.238 e. The van der Waals surface area contributed by atoms with Crippen LogP contribution < -0.4 is 4.90 Å². The van der Waals surface area contributed by atoms with Gasteiger partial charge in [-0.3, -0.25) is 0 Å². The van der Waals surface area contributed by atoms with Crippen molar-refractivity contribution in [2.45, 2.75) is 25.7 Å². The van der Waals surface area contributed by atoms with E-state index in [1.807, 2.05) is 6.07 Å². The van der Waals surface area contributed by atoms with E-state index in [1.54, 1.807) is 0 Å². The summed E-state index contributed by atoms with van der Waals surface area (Å²) in [6.45, 7) is 2.06. The molecule has 2 heterocycles. The van der Waals surface area contributed by atoms with Crippen LogP contribution in [0, 0.1) is 11.3 Å². The van der Waals surface area contributed by atoms with Crippen molar-refractivity contribution in [2.75, 3.05) is 18.0 Å². The molecule has 74 valence electrons. The number of anilines is 1. The van der Waals surface area contributed by atoms with Crippen LogP contribution in [0.1, 0.15) is 30.7 Å². The Balaban J connectivity index is 2.09. The zero-order chi connectivity index (χ0) is 9.80. The second-order valence-electron chi connectivity index (χ2n) is 3.41. The molecule has 14 heavy (non-hydrogen) atoms. The van der Waals surface area contributed by atoms with Gasteiger partial charge in [-0.25, -0.2) is 0 Å². The fraction of sp³-hybridized carbons (Fsp3) is 0.667. The highest BCUT2D eigenvalue weighted by Gasteiger charge is 2.14. The first kappa shape index (κ1) is 9.41. The molecule has 0 unspecified atom stereocenters. The lowest BCUT2D eigenvalue weighted by Gasteiger charge is -2.17. The second kappa shape index (κ2) is 4.38. The number of nitrogens with zero attached hydrogens (tertiary/aromatic N) is 4. The average molecular weight is 208 g/mol. The van der Waals surface area contributed by atoms with Gasteiger partial charge >= 0.3 is 0 Å². The monoisotopic (exact) mass is 208 g/mol. The Kier molecular flexibility index (Phi) is 2.94. The minimum atomic E-state index is 0.462. The van der Waals surface area contributed by atoms with Gasteiger partial charge in [-0.05, 0) is 24.4 Å². The Morgan fingerprint density at radius 3 is 2.50 bits per heavy atom. The minimum absolute atomic E-state index is 0.462. The molecule has 0 atom stereocenters. The van der Waals surface area contributed by atoms with Crippen molar-refractivity contribution in [3.8, 4) is 6.07 Å². The second-order valence-corrected chi connectivity index (χ2v) is 4.16. The van der Waals surface area contributed by atoms with E-state index in [4.69, 9.17) is 5.26 Å². The predicted octanol–water partition coefficient (Wildman–Crippen LogP) is 1.79. The number of aromatic nitrogens is 2. The molecule has 1 aliphatic heterocycles. The SMILES string of the molecule is N#Cc1nc(N2CCCCCC2)ns1. The molecule has 1 fully saturated rings. The summed E-state index contributed by atoms with van der Waals surface area (Å²) in [5.41, 5.74) is 0. The molecule has 1 aromatic heterocycles. The molecule has 1 aromatic rings. The highest BCUT2D eigenvalue weighted by molar-refractivity contribution is 7.06. The van der Waals surface area contributed by atoms with Gasteiger partial charge in [0.05, 0.1) is 0 Å². The normalized spacial score (nSPS) is 17.5. The lowest BCUT2D eigenvalue weighted by atomic mass is 10.2. The molecule has 0 saturated carbocycles. The van der Waals surface area contributed by atoms with E-state index in [-0.39, 0.29) is 0 Å². The van der Waals surface area contributed by atoms with Crippen molar-refractivity contribution in [3.05, 3.63) is 5.01 Å². The number of rotatable bonds is 1. The van der Waals surface area contributed by atoms with Gasteiger partial charge in [0.25, 0.3) is 0 Å².